The summed E-state index contributed by atoms with van der Waals surface area (Å²) < 4.78 is 13.9. The number of piperidine rings is 1. The molecule has 4 rings (SSSR count). The van der Waals surface area contributed by atoms with Crippen molar-refractivity contribution in [1.82, 2.24) is 15.1 Å². The van der Waals surface area contributed by atoms with Crippen molar-refractivity contribution < 1.29 is 14.0 Å². The van der Waals surface area contributed by atoms with Crippen LogP contribution in [0.2, 0.25) is 0 Å². The Kier molecular flexibility index (Phi) is 5.40. The molecule has 3 fully saturated rings. The van der Waals surface area contributed by atoms with Crippen LogP contribution in [0.3, 0.4) is 0 Å². The normalized spacial score (nSPS) is 27.2. The van der Waals surface area contributed by atoms with Gasteiger partial charge in [-0.25, -0.2) is 4.39 Å². The molecule has 29 heavy (non-hydrogen) atoms. The summed E-state index contributed by atoms with van der Waals surface area (Å²) in [5, 5.41) is 3.31. The van der Waals surface area contributed by atoms with Crippen LogP contribution >= 0.6 is 0 Å². The SMILES string of the molecule is CCC(C)CN1C[C@H]2C(=O)NC3(CCN(C(=O)c4ccc(C)c(F)c4)CC3)[C@H]2C1. The van der Waals surface area contributed by atoms with Gasteiger partial charge in [0.15, 0.2) is 0 Å². The average Bonchev–Trinajstić information content (AvgIpc) is 3.23. The van der Waals surface area contributed by atoms with E-state index in [0.29, 0.717) is 36.1 Å². The summed E-state index contributed by atoms with van der Waals surface area (Å²) in [4.78, 5) is 29.8. The van der Waals surface area contributed by atoms with Crippen molar-refractivity contribution in [2.45, 2.75) is 45.6 Å². The van der Waals surface area contributed by atoms with Crippen LogP contribution in [-0.4, -0.2) is 59.9 Å². The first kappa shape index (κ1) is 20.3. The minimum Gasteiger partial charge on any atom is -0.350 e. The number of nitrogens with zero attached hydrogens (tertiary/aromatic N) is 2. The standard InChI is InChI=1S/C23H32FN3O2/c1-4-15(2)12-26-13-18-19(14-26)23(25-21(18)28)7-9-27(10-8-23)22(29)17-6-5-16(3)20(24)11-17/h5-6,11,15,18-19H,4,7-10,12-14H2,1-3H3,(H,25,28)/t15?,18-,19+/m1/s1. The summed E-state index contributed by atoms with van der Waals surface area (Å²) in [6.45, 7) is 10.2. The zero-order valence-electron chi connectivity index (χ0n) is 17.7. The minimum absolute atomic E-state index is 0.0764. The highest BCUT2D eigenvalue weighted by Crippen LogP contribution is 2.44. The molecule has 5 nitrogen and oxygen atoms in total. The van der Waals surface area contributed by atoms with Gasteiger partial charge in [-0.2, -0.15) is 0 Å². The van der Waals surface area contributed by atoms with Crippen molar-refractivity contribution in [3.63, 3.8) is 0 Å². The highest BCUT2D eigenvalue weighted by molar-refractivity contribution is 5.94. The van der Waals surface area contributed by atoms with Crippen molar-refractivity contribution >= 4 is 11.8 Å². The van der Waals surface area contributed by atoms with Gasteiger partial charge in [-0.3, -0.25) is 9.59 Å². The molecular formula is C23H32FN3O2. The van der Waals surface area contributed by atoms with Gasteiger partial charge < -0.3 is 15.1 Å². The van der Waals surface area contributed by atoms with E-state index in [-0.39, 0.29) is 29.1 Å². The Morgan fingerprint density at radius 3 is 2.69 bits per heavy atom. The number of hydrogen-bond donors (Lipinski definition) is 1. The van der Waals surface area contributed by atoms with Crippen molar-refractivity contribution in [1.29, 1.82) is 0 Å². The summed E-state index contributed by atoms with van der Waals surface area (Å²) in [7, 11) is 0. The number of rotatable bonds is 4. The van der Waals surface area contributed by atoms with Crippen molar-refractivity contribution in [3.05, 3.63) is 35.1 Å². The van der Waals surface area contributed by atoms with Crippen LogP contribution in [0, 0.1) is 30.5 Å². The van der Waals surface area contributed by atoms with Gasteiger partial charge in [0.25, 0.3) is 5.91 Å². The Morgan fingerprint density at radius 2 is 2.03 bits per heavy atom. The lowest BCUT2D eigenvalue weighted by molar-refractivity contribution is -0.123. The fourth-order valence-electron chi connectivity index (χ4n) is 5.37. The Morgan fingerprint density at radius 1 is 1.31 bits per heavy atom. The van der Waals surface area contributed by atoms with E-state index in [0.717, 1.165) is 38.9 Å². The van der Waals surface area contributed by atoms with Gasteiger partial charge in [0.2, 0.25) is 5.91 Å². The van der Waals surface area contributed by atoms with Crippen LogP contribution in [0.4, 0.5) is 4.39 Å². The van der Waals surface area contributed by atoms with Gasteiger partial charge in [-0.15, -0.1) is 0 Å². The second kappa shape index (κ2) is 7.71. The van der Waals surface area contributed by atoms with Crippen LogP contribution < -0.4 is 5.32 Å². The smallest absolute Gasteiger partial charge is 0.253 e. The molecule has 3 aliphatic heterocycles. The molecule has 1 unspecified atom stereocenters. The molecule has 1 spiro atoms. The van der Waals surface area contributed by atoms with Gasteiger partial charge in [-0.1, -0.05) is 26.3 Å². The van der Waals surface area contributed by atoms with E-state index in [2.05, 4.69) is 24.1 Å². The molecular weight excluding hydrogens is 369 g/mol. The first-order chi connectivity index (χ1) is 13.8. The average molecular weight is 402 g/mol. The molecule has 1 aromatic rings. The third kappa shape index (κ3) is 3.67. The molecule has 2 amide bonds. The van der Waals surface area contributed by atoms with E-state index in [4.69, 9.17) is 0 Å². The van der Waals surface area contributed by atoms with Crippen LogP contribution in [0.5, 0.6) is 0 Å². The van der Waals surface area contributed by atoms with E-state index in [1.165, 1.54) is 6.07 Å². The number of hydrogen-bond acceptors (Lipinski definition) is 3. The van der Waals surface area contributed by atoms with Gasteiger partial charge in [0.1, 0.15) is 5.82 Å². The Hall–Kier alpha value is -1.95. The van der Waals surface area contributed by atoms with E-state index in [1.807, 2.05) is 0 Å². The van der Waals surface area contributed by atoms with E-state index in [1.54, 1.807) is 24.0 Å². The predicted molar refractivity (Wildman–Crippen MR) is 110 cm³/mol. The number of halogens is 1. The summed E-state index contributed by atoms with van der Waals surface area (Å²) in [5.41, 5.74) is 0.751. The number of benzene rings is 1. The molecule has 3 heterocycles. The Bertz CT molecular complexity index is 803. The summed E-state index contributed by atoms with van der Waals surface area (Å²) in [6, 6.07) is 4.68. The maximum atomic E-state index is 13.9. The van der Waals surface area contributed by atoms with Gasteiger partial charge in [0, 0.05) is 49.7 Å². The predicted octanol–water partition coefficient (Wildman–Crippen LogP) is 2.83. The van der Waals surface area contributed by atoms with Gasteiger partial charge in [0.05, 0.1) is 5.92 Å². The molecule has 3 aliphatic rings. The zero-order chi connectivity index (χ0) is 20.8. The monoisotopic (exact) mass is 401 g/mol. The number of aryl methyl sites for hydroxylation is 1. The second-order valence-corrected chi connectivity index (χ2v) is 9.35. The number of carbonyl (C=O) groups is 2. The fraction of sp³-hybridized carbons (Fsp3) is 0.652. The van der Waals surface area contributed by atoms with Crippen LogP contribution in [0.15, 0.2) is 18.2 Å². The number of likely N-dealkylation sites (tertiary alicyclic amines) is 2. The highest BCUT2D eigenvalue weighted by atomic mass is 19.1. The first-order valence-electron chi connectivity index (χ1n) is 10.9. The van der Waals surface area contributed by atoms with Crippen LogP contribution in [-0.2, 0) is 4.79 Å². The van der Waals surface area contributed by atoms with Gasteiger partial charge >= 0.3 is 0 Å². The molecule has 0 saturated carbocycles. The van der Waals surface area contributed by atoms with Crippen molar-refractivity contribution in [3.8, 4) is 0 Å². The quantitative estimate of drug-likeness (QED) is 0.844. The van der Waals surface area contributed by atoms with E-state index < -0.39 is 0 Å². The highest BCUT2D eigenvalue weighted by Gasteiger charge is 2.57. The van der Waals surface area contributed by atoms with Crippen LogP contribution in [0.25, 0.3) is 0 Å². The minimum atomic E-state index is -0.345. The molecule has 0 bridgehead atoms. The van der Waals surface area contributed by atoms with E-state index >= 15 is 0 Å². The molecule has 1 aromatic carbocycles. The topological polar surface area (TPSA) is 52.7 Å². The maximum absolute atomic E-state index is 13.9. The third-order valence-corrected chi connectivity index (χ3v) is 7.44. The molecule has 0 radical (unpaired) electrons. The molecule has 158 valence electrons. The van der Waals surface area contributed by atoms with Crippen molar-refractivity contribution in [2.24, 2.45) is 17.8 Å². The molecule has 1 N–H and O–H groups in total. The molecule has 0 aromatic heterocycles. The van der Waals surface area contributed by atoms with Crippen LogP contribution in [0.1, 0.15) is 49.0 Å². The largest absolute Gasteiger partial charge is 0.350 e. The lowest BCUT2D eigenvalue weighted by Gasteiger charge is -2.43. The fourth-order valence-corrected chi connectivity index (χ4v) is 5.37. The number of carbonyl (C=O) groups excluding carboxylic acids is 2. The maximum Gasteiger partial charge on any atom is 0.253 e. The summed E-state index contributed by atoms with van der Waals surface area (Å²) in [6.07, 6.45) is 2.70. The lowest BCUT2D eigenvalue weighted by atomic mass is 9.75. The Labute approximate surface area is 172 Å². The Balaban J connectivity index is 1.42. The van der Waals surface area contributed by atoms with Crippen molar-refractivity contribution in [2.75, 3.05) is 32.7 Å². The number of fused-ring (bicyclic) bond motifs is 2. The molecule has 3 saturated heterocycles. The van der Waals surface area contributed by atoms with E-state index in [9.17, 15) is 14.0 Å². The second-order valence-electron chi connectivity index (χ2n) is 9.35. The molecule has 0 aliphatic carbocycles. The summed E-state index contributed by atoms with van der Waals surface area (Å²) >= 11 is 0. The molecule has 3 atom stereocenters. The lowest BCUT2D eigenvalue weighted by Crippen LogP contribution is -2.56. The summed E-state index contributed by atoms with van der Waals surface area (Å²) in [5.74, 6) is 0.761. The third-order valence-electron chi connectivity index (χ3n) is 7.44. The first-order valence-corrected chi connectivity index (χ1v) is 10.9. The number of nitrogens with one attached hydrogen (secondary N) is 1. The number of amides is 2. The zero-order valence-corrected chi connectivity index (χ0v) is 17.7. The van der Waals surface area contributed by atoms with Gasteiger partial charge in [-0.05, 0) is 43.4 Å². The molecule has 6 heteroatoms.